The molecule has 0 radical (unpaired) electrons. The van der Waals surface area contributed by atoms with Crippen molar-refractivity contribution >= 4 is 16.7 Å². The molecule has 180 valence electrons. The minimum Gasteiger partial charge on any atom is -0.494 e. The summed E-state index contributed by atoms with van der Waals surface area (Å²) in [5.74, 6) is 1.39. The number of benzene rings is 4. The standard InChI is InChI=1S/C31H27NO4/c33-28(34)14-8-3-9-19-35-27-18-17-24-20-26(16-15-25(24)21-27)31-32-29(22-10-4-1-5-11-22)30(36-31)23-12-6-2-7-13-23/h1-2,4-7,10-13,15-18,20-21H,3,8-9,14,19H2,(H,33,34). The molecule has 0 spiro atoms. The maximum Gasteiger partial charge on any atom is 0.303 e. The number of rotatable bonds is 10. The SMILES string of the molecule is O=C(O)CCCCCOc1ccc2cc(-c3nc(-c4ccccc4)c(-c4ccccc4)o3)ccc2c1. The smallest absolute Gasteiger partial charge is 0.303 e. The van der Waals surface area contributed by atoms with E-state index in [1.54, 1.807) is 0 Å². The van der Waals surface area contributed by atoms with E-state index in [9.17, 15) is 4.79 Å². The maximum atomic E-state index is 10.6. The van der Waals surface area contributed by atoms with Gasteiger partial charge in [0.2, 0.25) is 5.89 Å². The predicted octanol–water partition coefficient (Wildman–Crippen LogP) is 7.85. The number of unbranched alkanes of at least 4 members (excludes halogenated alkanes) is 2. The molecule has 1 N–H and O–H groups in total. The summed E-state index contributed by atoms with van der Waals surface area (Å²) in [7, 11) is 0. The van der Waals surface area contributed by atoms with Crippen LogP contribution in [0.3, 0.4) is 0 Å². The molecule has 0 saturated carbocycles. The van der Waals surface area contributed by atoms with Gasteiger partial charge in [0.25, 0.3) is 0 Å². The van der Waals surface area contributed by atoms with Crippen molar-refractivity contribution in [3.8, 4) is 39.8 Å². The van der Waals surface area contributed by atoms with Crippen LogP contribution in [0.5, 0.6) is 5.75 Å². The molecule has 0 aliphatic rings. The molecule has 5 heteroatoms. The lowest BCUT2D eigenvalue weighted by Crippen LogP contribution is -1.99. The van der Waals surface area contributed by atoms with Crippen molar-refractivity contribution in [2.24, 2.45) is 0 Å². The second-order valence-electron chi connectivity index (χ2n) is 8.71. The highest BCUT2D eigenvalue weighted by atomic mass is 16.5. The van der Waals surface area contributed by atoms with Crippen molar-refractivity contribution in [1.82, 2.24) is 4.98 Å². The summed E-state index contributed by atoms with van der Waals surface area (Å²) < 4.78 is 12.2. The third-order valence-electron chi connectivity index (χ3n) is 6.07. The molecule has 1 aromatic heterocycles. The van der Waals surface area contributed by atoms with Crippen molar-refractivity contribution in [3.05, 3.63) is 97.1 Å². The van der Waals surface area contributed by atoms with Crippen LogP contribution < -0.4 is 4.74 Å². The summed E-state index contributed by atoms with van der Waals surface area (Å²) in [4.78, 5) is 15.5. The fraction of sp³-hybridized carbons (Fsp3) is 0.161. The summed E-state index contributed by atoms with van der Waals surface area (Å²) in [6.45, 7) is 0.573. The van der Waals surface area contributed by atoms with Gasteiger partial charge >= 0.3 is 5.97 Å². The Hall–Kier alpha value is -4.38. The predicted molar refractivity (Wildman–Crippen MR) is 142 cm³/mol. The van der Waals surface area contributed by atoms with Crippen molar-refractivity contribution < 1.29 is 19.1 Å². The molecule has 0 saturated heterocycles. The monoisotopic (exact) mass is 477 g/mol. The quantitative estimate of drug-likeness (QED) is 0.207. The van der Waals surface area contributed by atoms with E-state index in [1.165, 1.54) is 0 Å². The zero-order valence-electron chi connectivity index (χ0n) is 19.9. The normalized spacial score (nSPS) is 11.0. The fourth-order valence-electron chi connectivity index (χ4n) is 4.21. The molecule has 4 aromatic carbocycles. The number of carbonyl (C=O) groups is 1. The second-order valence-corrected chi connectivity index (χ2v) is 8.71. The Morgan fingerprint density at radius 1 is 0.750 bits per heavy atom. The third kappa shape index (κ3) is 5.47. The molecule has 0 aliphatic heterocycles. The Morgan fingerprint density at radius 2 is 1.44 bits per heavy atom. The van der Waals surface area contributed by atoms with Gasteiger partial charge in [0.1, 0.15) is 11.4 Å². The average molecular weight is 478 g/mol. The average Bonchev–Trinajstić information content (AvgIpc) is 3.37. The molecule has 5 rings (SSSR count). The first-order chi connectivity index (χ1) is 17.7. The number of carboxylic acid groups (broad SMARTS) is 1. The second kappa shape index (κ2) is 10.9. The first-order valence-electron chi connectivity index (χ1n) is 12.2. The summed E-state index contributed by atoms with van der Waals surface area (Å²) in [5.41, 5.74) is 3.73. The van der Waals surface area contributed by atoms with Crippen LogP contribution in [0.25, 0.3) is 44.8 Å². The van der Waals surface area contributed by atoms with Gasteiger partial charge in [0.15, 0.2) is 5.76 Å². The van der Waals surface area contributed by atoms with Crippen molar-refractivity contribution in [3.63, 3.8) is 0 Å². The zero-order valence-corrected chi connectivity index (χ0v) is 19.9. The number of aliphatic carboxylic acids is 1. The lowest BCUT2D eigenvalue weighted by Gasteiger charge is -2.08. The highest BCUT2D eigenvalue weighted by Gasteiger charge is 2.18. The lowest BCUT2D eigenvalue weighted by molar-refractivity contribution is -0.137. The Bertz CT molecular complexity index is 1400. The molecule has 0 atom stereocenters. The Kier molecular flexibility index (Phi) is 7.08. The summed E-state index contributed by atoms with van der Waals surface area (Å²) in [6, 6.07) is 32.3. The van der Waals surface area contributed by atoms with Gasteiger partial charge < -0.3 is 14.3 Å². The van der Waals surface area contributed by atoms with Gasteiger partial charge in [-0.25, -0.2) is 4.98 Å². The highest BCUT2D eigenvalue weighted by Crippen LogP contribution is 2.36. The highest BCUT2D eigenvalue weighted by molar-refractivity contribution is 5.88. The molecule has 0 unspecified atom stereocenters. The van der Waals surface area contributed by atoms with Crippen LogP contribution >= 0.6 is 0 Å². The molecule has 5 nitrogen and oxygen atoms in total. The number of nitrogens with zero attached hydrogens (tertiary/aromatic N) is 1. The van der Waals surface area contributed by atoms with Crippen LogP contribution in [0.15, 0.2) is 101 Å². The van der Waals surface area contributed by atoms with Crippen molar-refractivity contribution in [2.45, 2.75) is 25.7 Å². The minimum absolute atomic E-state index is 0.211. The summed E-state index contributed by atoms with van der Waals surface area (Å²) in [6.07, 6.45) is 2.57. The first kappa shape index (κ1) is 23.4. The Labute approximate surface area is 210 Å². The maximum absolute atomic E-state index is 10.6. The molecular formula is C31H27NO4. The van der Waals surface area contributed by atoms with Crippen LogP contribution in [-0.2, 0) is 4.79 Å². The topological polar surface area (TPSA) is 72.6 Å². The Balaban J connectivity index is 1.37. The van der Waals surface area contributed by atoms with Crippen LogP contribution in [-0.4, -0.2) is 22.7 Å². The third-order valence-corrected chi connectivity index (χ3v) is 6.07. The van der Waals surface area contributed by atoms with E-state index < -0.39 is 5.97 Å². The molecule has 5 aromatic rings. The van der Waals surface area contributed by atoms with Crippen molar-refractivity contribution in [2.75, 3.05) is 6.61 Å². The summed E-state index contributed by atoms with van der Waals surface area (Å²) >= 11 is 0. The van der Waals surface area contributed by atoms with E-state index in [1.807, 2.05) is 84.9 Å². The molecule has 0 fully saturated rings. The number of oxazole rings is 1. The van der Waals surface area contributed by atoms with E-state index in [2.05, 4.69) is 12.1 Å². The van der Waals surface area contributed by atoms with Crippen LogP contribution in [0.2, 0.25) is 0 Å². The fourth-order valence-corrected chi connectivity index (χ4v) is 4.21. The van der Waals surface area contributed by atoms with Gasteiger partial charge in [-0.05, 0) is 54.3 Å². The van der Waals surface area contributed by atoms with E-state index in [0.717, 1.165) is 57.5 Å². The van der Waals surface area contributed by atoms with Crippen molar-refractivity contribution in [1.29, 1.82) is 0 Å². The molecular weight excluding hydrogens is 450 g/mol. The number of aromatic nitrogens is 1. The lowest BCUT2D eigenvalue weighted by atomic mass is 10.1. The van der Waals surface area contributed by atoms with Gasteiger partial charge in [0.05, 0.1) is 6.61 Å². The Morgan fingerprint density at radius 3 is 2.19 bits per heavy atom. The first-order valence-corrected chi connectivity index (χ1v) is 12.2. The van der Waals surface area contributed by atoms with Crippen LogP contribution in [0.1, 0.15) is 25.7 Å². The van der Waals surface area contributed by atoms with E-state index in [0.29, 0.717) is 18.9 Å². The number of ether oxygens (including phenoxy) is 1. The summed E-state index contributed by atoms with van der Waals surface area (Å²) in [5, 5.41) is 10.9. The number of hydrogen-bond acceptors (Lipinski definition) is 4. The van der Waals surface area contributed by atoms with Gasteiger partial charge in [-0.2, -0.15) is 0 Å². The zero-order chi connectivity index (χ0) is 24.7. The molecule has 0 bridgehead atoms. The molecule has 36 heavy (non-hydrogen) atoms. The van der Waals surface area contributed by atoms with E-state index in [4.69, 9.17) is 19.2 Å². The van der Waals surface area contributed by atoms with Crippen LogP contribution in [0.4, 0.5) is 0 Å². The van der Waals surface area contributed by atoms with Gasteiger partial charge in [0, 0.05) is 23.1 Å². The van der Waals surface area contributed by atoms with Crippen LogP contribution in [0, 0.1) is 0 Å². The van der Waals surface area contributed by atoms with E-state index in [-0.39, 0.29) is 6.42 Å². The number of hydrogen-bond donors (Lipinski definition) is 1. The molecule has 1 heterocycles. The molecule has 0 aliphatic carbocycles. The largest absolute Gasteiger partial charge is 0.494 e. The van der Waals surface area contributed by atoms with Gasteiger partial charge in [-0.3, -0.25) is 4.79 Å². The van der Waals surface area contributed by atoms with E-state index >= 15 is 0 Å². The van der Waals surface area contributed by atoms with Gasteiger partial charge in [-0.15, -0.1) is 0 Å². The number of carboxylic acids is 1. The number of fused-ring (bicyclic) bond motifs is 1. The minimum atomic E-state index is -0.748. The molecule has 0 amide bonds. The van der Waals surface area contributed by atoms with Gasteiger partial charge in [-0.1, -0.05) is 72.8 Å².